The van der Waals surface area contributed by atoms with Crippen LogP contribution in [0.5, 0.6) is 0 Å². The standard InChI is InChI=1S/C17H20BFN2O/c1-7-8-22-18(19)21-14(5)10-12(3)17(21)15(6)16-11(2)9-13(4)20-16/h1,9-10H,8H2,2-6H3/b16-15-. The molecule has 0 aromatic carbocycles. The van der Waals surface area contributed by atoms with Gasteiger partial charge in [-0.15, -0.1) is 6.42 Å². The van der Waals surface area contributed by atoms with Crippen molar-refractivity contribution in [2.45, 2.75) is 34.6 Å². The van der Waals surface area contributed by atoms with E-state index in [0.717, 1.165) is 39.5 Å². The van der Waals surface area contributed by atoms with Crippen LogP contribution >= 0.6 is 0 Å². The molecular weight excluding hydrogens is 278 g/mol. The second-order valence-corrected chi connectivity index (χ2v) is 5.55. The lowest BCUT2D eigenvalue weighted by molar-refractivity contribution is 0.326. The van der Waals surface area contributed by atoms with Crippen molar-refractivity contribution in [2.24, 2.45) is 4.99 Å². The molecule has 1 aromatic heterocycles. The van der Waals surface area contributed by atoms with Crippen molar-refractivity contribution in [1.29, 1.82) is 0 Å². The smallest absolute Gasteiger partial charge is 0.377 e. The molecule has 0 spiro atoms. The Balaban J connectivity index is 2.55. The van der Waals surface area contributed by atoms with Gasteiger partial charge in [0.15, 0.2) is 0 Å². The minimum atomic E-state index is -1.61. The summed E-state index contributed by atoms with van der Waals surface area (Å²) in [6.07, 6.45) is 7.17. The van der Waals surface area contributed by atoms with Crippen LogP contribution in [0.4, 0.5) is 4.32 Å². The van der Waals surface area contributed by atoms with Gasteiger partial charge in [-0.05, 0) is 63.5 Å². The lowest BCUT2D eigenvalue weighted by atomic mass is 10.0. The average Bonchev–Trinajstić information content (AvgIpc) is 2.94. The molecule has 0 radical (unpaired) electrons. The number of rotatable bonds is 4. The molecule has 22 heavy (non-hydrogen) atoms. The highest BCUT2D eigenvalue weighted by molar-refractivity contribution is 6.42. The summed E-state index contributed by atoms with van der Waals surface area (Å²) >= 11 is 0. The first-order valence-corrected chi connectivity index (χ1v) is 7.19. The molecule has 3 nitrogen and oxygen atoms in total. The van der Waals surface area contributed by atoms with Gasteiger partial charge in [0.2, 0.25) is 0 Å². The Hall–Kier alpha value is -2.06. The van der Waals surface area contributed by atoms with Gasteiger partial charge in [0.25, 0.3) is 0 Å². The van der Waals surface area contributed by atoms with E-state index in [4.69, 9.17) is 11.1 Å². The summed E-state index contributed by atoms with van der Waals surface area (Å²) in [5, 5.41) is 0. The van der Waals surface area contributed by atoms with E-state index in [0.29, 0.717) is 0 Å². The summed E-state index contributed by atoms with van der Waals surface area (Å²) in [5.41, 5.74) is 6.44. The van der Waals surface area contributed by atoms with Gasteiger partial charge in [-0.3, -0.25) is 9.31 Å². The zero-order chi connectivity index (χ0) is 16.4. The minimum absolute atomic E-state index is 0.0664. The highest BCUT2D eigenvalue weighted by atomic mass is 19.1. The summed E-state index contributed by atoms with van der Waals surface area (Å²) in [6.45, 7) is 9.67. The third-order valence-electron chi connectivity index (χ3n) is 3.72. The number of aliphatic imine (C=N–C) groups is 1. The minimum Gasteiger partial charge on any atom is -0.377 e. The Labute approximate surface area is 131 Å². The molecule has 0 bridgehead atoms. The number of aromatic nitrogens is 1. The van der Waals surface area contributed by atoms with E-state index >= 15 is 0 Å². The molecule has 0 atom stereocenters. The van der Waals surface area contributed by atoms with Crippen LogP contribution in [0.25, 0.3) is 5.57 Å². The van der Waals surface area contributed by atoms with E-state index in [1.807, 2.05) is 46.8 Å². The molecule has 0 amide bonds. The molecule has 5 heteroatoms. The van der Waals surface area contributed by atoms with Gasteiger partial charge in [-0.1, -0.05) is 5.92 Å². The van der Waals surface area contributed by atoms with Crippen molar-refractivity contribution in [3.63, 3.8) is 0 Å². The summed E-state index contributed by atoms with van der Waals surface area (Å²) in [7, 11) is -1.61. The maximum atomic E-state index is 14.5. The van der Waals surface area contributed by atoms with Crippen molar-refractivity contribution in [2.75, 3.05) is 6.61 Å². The number of halogens is 1. The van der Waals surface area contributed by atoms with E-state index in [1.165, 1.54) is 4.48 Å². The van der Waals surface area contributed by atoms with Gasteiger partial charge in [0, 0.05) is 17.1 Å². The number of hydrogen-bond donors (Lipinski definition) is 0. The van der Waals surface area contributed by atoms with Gasteiger partial charge in [0.1, 0.15) is 0 Å². The number of nitrogens with zero attached hydrogens (tertiary/aromatic N) is 2. The maximum Gasteiger partial charge on any atom is 0.638 e. The number of hydrogen-bond acceptors (Lipinski definition) is 2. The molecule has 1 aliphatic heterocycles. The van der Waals surface area contributed by atoms with E-state index in [9.17, 15) is 4.32 Å². The summed E-state index contributed by atoms with van der Waals surface area (Å²) < 4.78 is 21.0. The summed E-state index contributed by atoms with van der Waals surface area (Å²) in [4.78, 5) is 4.55. The third kappa shape index (κ3) is 2.93. The average molecular weight is 298 g/mol. The molecule has 114 valence electrons. The van der Waals surface area contributed by atoms with Gasteiger partial charge < -0.3 is 9.13 Å². The Kier molecular flexibility index (Phi) is 4.73. The highest BCUT2D eigenvalue weighted by Crippen LogP contribution is 2.31. The Morgan fingerprint density at radius 2 is 2.09 bits per heavy atom. The molecule has 0 aliphatic carbocycles. The molecule has 2 rings (SSSR count). The largest absolute Gasteiger partial charge is 0.638 e. The van der Waals surface area contributed by atoms with Crippen LogP contribution in [0.2, 0.25) is 0 Å². The van der Waals surface area contributed by atoms with Crippen molar-refractivity contribution in [3.8, 4) is 12.3 Å². The van der Waals surface area contributed by atoms with Crippen LogP contribution in [0.3, 0.4) is 0 Å². The van der Waals surface area contributed by atoms with E-state index in [1.54, 1.807) is 0 Å². The van der Waals surface area contributed by atoms with Crippen LogP contribution in [-0.2, 0) is 4.65 Å². The summed E-state index contributed by atoms with van der Waals surface area (Å²) in [5.74, 6) is 2.29. The van der Waals surface area contributed by atoms with E-state index in [-0.39, 0.29) is 6.61 Å². The molecule has 0 N–H and O–H groups in total. The fraction of sp³-hybridized carbons (Fsp3) is 0.353. The quantitative estimate of drug-likeness (QED) is 0.615. The van der Waals surface area contributed by atoms with Crippen LogP contribution in [-0.4, -0.2) is 24.1 Å². The van der Waals surface area contributed by atoms with Crippen LogP contribution in [0.1, 0.15) is 37.7 Å². The van der Waals surface area contributed by atoms with Crippen molar-refractivity contribution < 1.29 is 8.97 Å². The molecule has 0 saturated carbocycles. The van der Waals surface area contributed by atoms with Gasteiger partial charge in [-0.2, -0.15) is 0 Å². The zero-order valence-corrected chi connectivity index (χ0v) is 13.7. The van der Waals surface area contributed by atoms with Gasteiger partial charge in [0.05, 0.1) is 12.3 Å². The normalized spacial score (nSPS) is 16.2. The Morgan fingerprint density at radius 1 is 1.41 bits per heavy atom. The maximum absolute atomic E-state index is 14.5. The van der Waals surface area contributed by atoms with Crippen molar-refractivity contribution >= 4 is 18.6 Å². The first-order valence-electron chi connectivity index (χ1n) is 7.19. The molecule has 0 unspecified atom stereocenters. The topological polar surface area (TPSA) is 26.5 Å². The molecule has 0 saturated heterocycles. The van der Waals surface area contributed by atoms with Gasteiger partial charge in [-0.25, -0.2) is 0 Å². The van der Waals surface area contributed by atoms with Crippen LogP contribution < -0.4 is 0 Å². The van der Waals surface area contributed by atoms with E-state index in [2.05, 4.69) is 10.9 Å². The number of aryl methyl sites for hydroxylation is 2. The molecule has 1 aromatic rings. The summed E-state index contributed by atoms with van der Waals surface area (Å²) in [6, 6.07) is 1.94. The van der Waals surface area contributed by atoms with Crippen LogP contribution in [0.15, 0.2) is 28.4 Å². The second kappa shape index (κ2) is 6.37. The van der Waals surface area contributed by atoms with Crippen LogP contribution in [0, 0.1) is 26.2 Å². The Morgan fingerprint density at radius 3 is 2.64 bits per heavy atom. The number of terminal acetylenes is 1. The fourth-order valence-electron chi connectivity index (χ4n) is 2.92. The lowest BCUT2D eigenvalue weighted by Gasteiger charge is -2.15. The zero-order valence-electron chi connectivity index (χ0n) is 13.7. The highest BCUT2D eigenvalue weighted by Gasteiger charge is 2.27. The molecule has 1 aliphatic rings. The van der Waals surface area contributed by atoms with Gasteiger partial charge >= 0.3 is 7.33 Å². The first kappa shape index (κ1) is 16.3. The molecule has 2 heterocycles. The fourth-order valence-corrected chi connectivity index (χ4v) is 2.92. The number of allylic oxidation sites excluding steroid dienone is 3. The lowest BCUT2D eigenvalue weighted by Crippen LogP contribution is -2.26. The predicted molar refractivity (Wildman–Crippen MR) is 90.4 cm³/mol. The van der Waals surface area contributed by atoms with Crippen molar-refractivity contribution in [1.82, 2.24) is 4.48 Å². The third-order valence-corrected chi connectivity index (χ3v) is 3.72. The monoisotopic (exact) mass is 298 g/mol. The Bertz CT molecular complexity index is 735. The first-order chi connectivity index (χ1) is 10.4. The predicted octanol–water partition coefficient (Wildman–Crippen LogP) is 3.71. The van der Waals surface area contributed by atoms with Crippen molar-refractivity contribution in [3.05, 3.63) is 40.4 Å². The molecule has 0 fully saturated rings. The molecular formula is C17H20BFN2O. The SMILES string of the molecule is C#CCOB(F)n1c(C)cc(C)c1/C(C)=C1\N=C(C)C=C1C. The second-order valence-electron chi connectivity index (χ2n) is 5.55. The van der Waals surface area contributed by atoms with E-state index < -0.39 is 7.33 Å².